The van der Waals surface area contributed by atoms with E-state index in [9.17, 15) is 5.26 Å². The fraction of sp³-hybridized carbons (Fsp3) is 0.100. The van der Waals surface area contributed by atoms with Crippen LogP contribution in [0.4, 0.5) is 0 Å². The van der Waals surface area contributed by atoms with Gasteiger partial charge in [0.25, 0.3) is 0 Å². The van der Waals surface area contributed by atoms with Crippen molar-refractivity contribution >= 4 is 0 Å². The van der Waals surface area contributed by atoms with Crippen molar-refractivity contribution in [1.82, 2.24) is 10.3 Å². The summed E-state index contributed by atoms with van der Waals surface area (Å²) in [5, 5.41) is 12.8. The predicted molar refractivity (Wildman–Crippen MR) is 91.3 cm³/mol. The number of hydrogen-bond donors (Lipinski definition) is 1. The minimum Gasteiger partial charge on any atom is -0.294 e. The number of rotatable bonds is 5. The van der Waals surface area contributed by atoms with Crippen LogP contribution in [-0.2, 0) is 6.54 Å². The van der Waals surface area contributed by atoms with Crippen LogP contribution in [0.15, 0.2) is 79.0 Å². The second-order valence-electron chi connectivity index (χ2n) is 5.27. The zero-order chi connectivity index (χ0) is 15.9. The van der Waals surface area contributed by atoms with Gasteiger partial charge < -0.3 is 0 Å². The molecule has 1 atom stereocenters. The van der Waals surface area contributed by atoms with E-state index in [0.29, 0.717) is 6.54 Å². The van der Waals surface area contributed by atoms with E-state index in [-0.39, 0.29) is 6.04 Å². The van der Waals surface area contributed by atoms with E-state index in [2.05, 4.69) is 16.4 Å². The maximum Gasteiger partial charge on any atom is 0.121 e. The van der Waals surface area contributed by atoms with Crippen molar-refractivity contribution in [2.45, 2.75) is 12.6 Å². The number of nitrogens with zero attached hydrogens (tertiary/aromatic N) is 2. The Bertz CT molecular complexity index is 792. The summed E-state index contributed by atoms with van der Waals surface area (Å²) in [6, 6.07) is 25.9. The fourth-order valence-corrected chi connectivity index (χ4v) is 2.46. The summed E-state index contributed by atoms with van der Waals surface area (Å²) < 4.78 is 0. The van der Waals surface area contributed by atoms with Gasteiger partial charge in [0.1, 0.15) is 6.04 Å². The first-order valence-corrected chi connectivity index (χ1v) is 7.55. The van der Waals surface area contributed by atoms with Gasteiger partial charge in [0.15, 0.2) is 0 Å². The number of hydrogen-bond acceptors (Lipinski definition) is 3. The van der Waals surface area contributed by atoms with Crippen molar-refractivity contribution in [3.05, 3.63) is 90.1 Å². The maximum absolute atomic E-state index is 9.49. The normalized spacial score (nSPS) is 11.6. The lowest BCUT2D eigenvalue weighted by molar-refractivity contribution is 0.630. The summed E-state index contributed by atoms with van der Waals surface area (Å²) in [4.78, 5) is 4.37. The summed E-state index contributed by atoms with van der Waals surface area (Å²) in [5.74, 6) is 0. The number of pyridine rings is 1. The van der Waals surface area contributed by atoms with Gasteiger partial charge in [-0.05, 0) is 29.3 Å². The summed E-state index contributed by atoms with van der Waals surface area (Å²) >= 11 is 0. The maximum atomic E-state index is 9.49. The van der Waals surface area contributed by atoms with Crippen LogP contribution < -0.4 is 5.32 Å². The number of aromatic nitrogens is 1. The van der Waals surface area contributed by atoms with Crippen LogP contribution >= 0.6 is 0 Å². The largest absolute Gasteiger partial charge is 0.294 e. The minimum absolute atomic E-state index is 0.348. The molecule has 3 rings (SSSR count). The molecule has 0 aliphatic rings. The highest BCUT2D eigenvalue weighted by atomic mass is 14.9. The molecular weight excluding hydrogens is 282 g/mol. The highest BCUT2D eigenvalue weighted by Gasteiger charge is 2.11. The Balaban J connectivity index is 1.78. The Hall–Kier alpha value is -2.96. The minimum atomic E-state index is -0.348. The van der Waals surface area contributed by atoms with Gasteiger partial charge in [-0.15, -0.1) is 0 Å². The Kier molecular flexibility index (Phi) is 4.78. The van der Waals surface area contributed by atoms with Crippen molar-refractivity contribution in [1.29, 1.82) is 5.26 Å². The first-order valence-electron chi connectivity index (χ1n) is 7.55. The third-order valence-electron chi connectivity index (χ3n) is 3.66. The molecule has 0 spiro atoms. The van der Waals surface area contributed by atoms with Crippen LogP contribution in [-0.4, -0.2) is 4.98 Å². The van der Waals surface area contributed by atoms with Gasteiger partial charge in [-0.2, -0.15) is 5.26 Å². The van der Waals surface area contributed by atoms with E-state index in [0.717, 1.165) is 22.4 Å². The molecule has 1 N–H and O–H groups in total. The molecule has 0 amide bonds. The Morgan fingerprint density at radius 2 is 1.78 bits per heavy atom. The lowest BCUT2D eigenvalue weighted by Crippen LogP contribution is -2.19. The van der Waals surface area contributed by atoms with Crippen LogP contribution in [0.25, 0.3) is 11.3 Å². The van der Waals surface area contributed by atoms with Crippen LogP contribution in [0.3, 0.4) is 0 Å². The van der Waals surface area contributed by atoms with Crippen molar-refractivity contribution in [2.24, 2.45) is 0 Å². The molecule has 1 aromatic heterocycles. The summed E-state index contributed by atoms with van der Waals surface area (Å²) in [6.07, 6.45) is 1.78. The van der Waals surface area contributed by atoms with Crippen LogP contribution in [0.2, 0.25) is 0 Å². The molecule has 112 valence electrons. The highest BCUT2D eigenvalue weighted by Crippen LogP contribution is 2.21. The highest BCUT2D eigenvalue weighted by molar-refractivity contribution is 5.60. The van der Waals surface area contributed by atoms with Gasteiger partial charge in [-0.1, -0.05) is 54.6 Å². The van der Waals surface area contributed by atoms with Crippen molar-refractivity contribution in [3.63, 3.8) is 0 Å². The summed E-state index contributed by atoms with van der Waals surface area (Å²) in [5.41, 5.74) is 4.04. The Morgan fingerprint density at radius 1 is 0.957 bits per heavy atom. The zero-order valence-electron chi connectivity index (χ0n) is 12.7. The average Bonchev–Trinajstić information content (AvgIpc) is 2.64. The van der Waals surface area contributed by atoms with E-state index in [1.807, 2.05) is 72.8 Å². The first-order chi connectivity index (χ1) is 11.4. The number of nitrogens with one attached hydrogen (secondary N) is 1. The molecule has 23 heavy (non-hydrogen) atoms. The lowest BCUT2D eigenvalue weighted by Gasteiger charge is -2.13. The van der Waals surface area contributed by atoms with Crippen molar-refractivity contribution < 1.29 is 0 Å². The third kappa shape index (κ3) is 3.82. The average molecular weight is 299 g/mol. The zero-order valence-corrected chi connectivity index (χ0v) is 12.7. The molecule has 3 aromatic rings. The molecule has 1 heterocycles. The molecule has 3 nitrogen and oxygen atoms in total. The van der Waals surface area contributed by atoms with Gasteiger partial charge in [0.2, 0.25) is 0 Å². The Labute approximate surface area is 136 Å². The van der Waals surface area contributed by atoms with E-state index in [1.54, 1.807) is 6.20 Å². The molecule has 0 fully saturated rings. The van der Waals surface area contributed by atoms with Crippen molar-refractivity contribution in [3.8, 4) is 17.3 Å². The van der Waals surface area contributed by atoms with E-state index in [1.165, 1.54) is 0 Å². The molecule has 1 unspecified atom stereocenters. The number of benzene rings is 2. The molecular formula is C20H17N3. The molecule has 3 heteroatoms. The smallest absolute Gasteiger partial charge is 0.121 e. The van der Waals surface area contributed by atoms with Crippen LogP contribution in [0, 0.1) is 11.3 Å². The molecule has 0 aliphatic heterocycles. The van der Waals surface area contributed by atoms with E-state index < -0.39 is 0 Å². The lowest BCUT2D eigenvalue weighted by atomic mass is 10.0. The van der Waals surface area contributed by atoms with E-state index >= 15 is 0 Å². The van der Waals surface area contributed by atoms with Gasteiger partial charge >= 0.3 is 0 Å². The van der Waals surface area contributed by atoms with Crippen LogP contribution in [0.5, 0.6) is 0 Å². The second kappa shape index (κ2) is 7.35. The van der Waals surface area contributed by atoms with E-state index in [4.69, 9.17) is 0 Å². The molecule has 0 radical (unpaired) electrons. The SMILES string of the molecule is N#CC(NCc1ccccc1)c1cccc(-c2ccccn2)c1. The quantitative estimate of drug-likeness (QED) is 0.771. The first kappa shape index (κ1) is 15.0. The molecule has 0 bridgehead atoms. The topological polar surface area (TPSA) is 48.7 Å². The second-order valence-corrected chi connectivity index (χ2v) is 5.27. The predicted octanol–water partition coefficient (Wildman–Crippen LogP) is 4.10. The molecule has 0 saturated carbocycles. The molecule has 0 aliphatic carbocycles. The van der Waals surface area contributed by atoms with Gasteiger partial charge in [-0.3, -0.25) is 10.3 Å². The molecule has 2 aromatic carbocycles. The van der Waals surface area contributed by atoms with Crippen molar-refractivity contribution in [2.75, 3.05) is 0 Å². The standard InChI is InChI=1S/C20H17N3/c21-14-20(23-15-16-7-2-1-3-8-16)18-10-6-9-17(13-18)19-11-4-5-12-22-19/h1-13,20,23H,15H2. The summed E-state index contributed by atoms with van der Waals surface area (Å²) in [7, 11) is 0. The van der Waals surface area contributed by atoms with Crippen LogP contribution in [0.1, 0.15) is 17.2 Å². The third-order valence-corrected chi connectivity index (χ3v) is 3.66. The fourth-order valence-electron chi connectivity index (χ4n) is 2.46. The van der Waals surface area contributed by atoms with Gasteiger partial charge in [0.05, 0.1) is 11.8 Å². The summed E-state index contributed by atoms with van der Waals surface area (Å²) in [6.45, 7) is 0.660. The number of nitriles is 1. The Morgan fingerprint density at radius 3 is 2.52 bits per heavy atom. The molecule has 0 saturated heterocycles. The monoisotopic (exact) mass is 299 g/mol. The van der Waals surface area contributed by atoms with Gasteiger partial charge in [-0.25, -0.2) is 0 Å². The van der Waals surface area contributed by atoms with Gasteiger partial charge in [0, 0.05) is 18.3 Å².